The fourth-order valence-electron chi connectivity index (χ4n) is 1.72. The lowest BCUT2D eigenvalue weighted by atomic mass is 10.1. The largest absolute Gasteiger partial charge is 0.346 e. The van der Waals surface area contributed by atoms with Crippen LogP contribution in [0.4, 0.5) is 0 Å². The maximum absolute atomic E-state index is 5.09. The van der Waals surface area contributed by atoms with Crippen molar-refractivity contribution in [2.45, 2.75) is 0 Å². The summed E-state index contributed by atoms with van der Waals surface area (Å²) in [6, 6.07) is 12.1. The molecule has 0 aliphatic rings. The Bertz CT molecular complexity index is 700. The van der Waals surface area contributed by atoms with Gasteiger partial charge in [-0.25, -0.2) is 0 Å². The molecule has 0 amide bonds. The van der Waals surface area contributed by atoms with Crippen LogP contribution in [0.3, 0.4) is 0 Å². The zero-order valence-electron chi connectivity index (χ0n) is 7.90. The standard InChI is InChI=1S/C12H8N2S/c15-12-4-3-9-6-8-2-1-5-13-10(8)7-11(9)14-12/h1-7H,(H,14,15). The Morgan fingerprint density at radius 3 is 2.93 bits per heavy atom. The van der Waals surface area contributed by atoms with E-state index in [4.69, 9.17) is 12.2 Å². The van der Waals surface area contributed by atoms with Crippen molar-refractivity contribution in [2.75, 3.05) is 0 Å². The van der Waals surface area contributed by atoms with E-state index in [-0.39, 0.29) is 0 Å². The van der Waals surface area contributed by atoms with Crippen LogP contribution in [0.5, 0.6) is 0 Å². The minimum Gasteiger partial charge on any atom is -0.346 e. The fraction of sp³-hybridized carbons (Fsp3) is 0. The molecule has 1 N–H and O–H groups in total. The molecule has 0 aliphatic carbocycles. The van der Waals surface area contributed by atoms with E-state index in [2.05, 4.69) is 22.1 Å². The van der Waals surface area contributed by atoms with Crippen LogP contribution >= 0.6 is 12.2 Å². The van der Waals surface area contributed by atoms with Gasteiger partial charge in [-0.05, 0) is 35.7 Å². The van der Waals surface area contributed by atoms with Crippen LogP contribution in [0.2, 0.25) is 0 Å². The SMILES string of the molecule is S=c1ccc2cc3cccnc3cc2[nH]1. The van der Waals surface area contributed by atoms with Crippen molar-refractivity contribution in [3.63, 3.8) is 0 Å². The summed E-state index contributed by atoms with van der Waals surface area (Å²) in [5.41, 5.74) is 2.02. The molecule has 0 atom stereocenters. The number of nitrogens with zero attached hydrogens (tertiary/aromatic N) is 1. The molecule has 3 heteroatoms. The summed E-state index contributed by atoms with van der Waals surface area (Å²) in [7, 11) is 0. The van der Waals surface area contributed by atoms with Gasteiger partial charge in [-0.15, -0.1) is 0 Å². The average Bonchev–Trinajstić information content (AvgIpc) is 2.26. The number of hydrogen-bond donors (Lipinski definition) is 1. The number of nitrogens with one attached hydrogen (secondary N) is 1. The molecule has 15 heavy (non-hydrogen) atoms. The molecule has 0 radical (unpaired) electrons. The van der Waals surface area contributed by atoms with Crippen molar-refractivity contribution in [1.82, 2.24) is 9.97 Å². The second-order valence-corrected chi connectivity index (χ2v) is 3.90. The molecule has 0 unspecified atom stereocenters. The summed E-state index contributed by atoms with van der Waals surface area (Å²) in [5.74, 6) is 0. The van der Waals surface area contributed by atoms with Crippen LogP contribution in [0.1, 0.15) is 0 Å². The molecule has 0 spiro atoms. The van der Waals surface area contributed by atoms with Gasteiger partial charge in [0.2, 0.25) is 0 Å². The maximum atomic E-state index is 5.09. The topological polar surface area (TPSA) is 28.7 Å². The van der Waals surface area contributed by atoms with Gasteiger partial charge < -0.3 is 4.98 Å². The molecule has 0 bridgehead atoms. The van der Waals surface area contributed by atoms with Crippen molar-refractivity contribution >= 4 is 34.0 Å². The number of fused-ring (bicyclic) bond motifs is 2. The third kappa shape index (κ3) is 1.41. The Morgan fingerprint density at radius 1 is 1.07 bits per heavy atom. The molecule has 3 rings (SSSR count). The number of hydrogen-bond acceptors (Lipinski definition) is 2. The predicted molar refractivity (Wildman–Crippen MR) is 64.4 cm³/mol. The molecule has 2 heterocycles. The average molecular weight is 212 g/mol. The Balaban J connectivity index is 2.53. The zero-order valence-corrected chi connectivity index (χ0v) is 8.71. The monoisotopic (exact) mass is 212 g/mol. The minimum atomic E-state index is 0.748. The highest BCUT2D eigenvalue weighted by Crippen LogP contribution is 2.19. The number of aromatic amines is 1. The lowest BCUT2D eigenvalue weighted by Gasteiger charge is -2.00. The third-order valence-corrected chi connectivity index (χ3v) is 2.68. The van der Waals surface area contributed by atoms with E-state index in [0.29, 0.717) is 0 Å². The summed E-state index contributed by atoms with van der Waals surface area (Å²) in [5, 5.41) is 2.31. The Labute approximate surface area is 91.6 Å². The van der Waals surface area contributed by atoms with Crippen molar-refractivity contribution < 1.29 is 0 Å². The zero-order chi connectivity index (χ0) is 10.3. The molecule has 72 valence electrons. The number of benzene rings is 1. The predicted octanol–water partition coefficient (Wildman–Crippen LogP) is 3.45. The van der Waals surface area contributed by atoms with Crippen LogP contribution in [0.25, 0.3) is 21.8 Å². The summed E-state index contributed by atoms with van der Waals surface area (Å²) in [4.78, 5) is 7.46. The number of aromatic nitrogens is 2. The van der Waals surface area contributed by atoms with E-state index >= 15 is 0 Å². The lowest BCUT2D eigenvalue weighted by Crippen LogP contribution is -1.82. The molecule has 1 aromatic carbocycles. The van der Waals surface area contributed by atoms with Crippen LogP contribution in [-0.4, -0.2) is 9.97 Å². The number of pyridine rings is 2. The van der Waals surface area contributed by atoms with Crippen LogP contribution in [0, 0.1) is 4.64 Å². The van der Waals surface area contributed by atoms with Crippen molar-refractivity contribution in [2.24, 2.45) is 0 Å². The van der Waals surface area contributed by atoms with Crippen LogP contribution < -0.4 is 0 Å². The second-order valence-electron chi connectivity index (χ2n) is 3.46. The first-order chi connectivity index (χ1) is 7.33. The van der Waals surface area contributed by atoms with Gasteiger partial charge in [0.15, 0.2) is 0 Å². The molecule has 2 aromatic heterocycles. The van der Waals surface area contributed by atoms with E-state index in [1.807, 2.05) is 24.3 Å². The normalized spacial score (nSPS) is 10.9. The first-order valence-corrected chi connectivity index (χ1v) is 5.11. The summed E-state index contributed by atoms with van der Waals surface area (Å²) < 4.78 is 0.748. The first-order valence-electron chi connectivity index (χ1n) is 4.71. The molecule has 2 nitrogen and oxygen atoms in total. The quantitative estimate of drug-likeness (QED) is 0.456. The molecule has 0 saturated carbocycles. The Hall–Kier alpha value is -1.74. The van der Waals surface area contributed by atoms with Crippen molar-refractivity contribution in [1.29, 1.82) is 0 Å². The van der Waals surface area contributed by atoms with Gasteiger partial charge in [0.1, 0.15) is 4.64 Å². The van der Waals surface area contributed by atoms with E-state index in [0.717, 1.165) is 26.4 Å². The van der Waals surface area contributed by atoms with Gasteiger partial charge in [-0.3, -0.25) is 4.98 Å². The number of rotatable bonds is 0. The van der Waals surface area contributed by atoms with Gasteiger partial charge in [-0.2, -0.15) is 0 Å². The summed E-state index contributed by atoms with van der Waals surface area (Å²) in [6.07, 6.45) is 1.80. The van der Waals surface area contributed by atoms with Crippen LogP contribution in [0.15, 0.2) is 42.6 Å². The molecule has 0 saturated heterocycles. The Morgan fingerprint density at radius 2 is 2.00 bits per heavy atom. The highest BCUT2D eigenvalue weighted by atomic mass is 32.1. The van der Waals surface area contributed by atoms with E-state index in [1.165, 1.54) is 0 Å². The molecular formula is C12H8N2S. The molecule has 0 fully saturated rings. The lowest BCUT2D eigenvalue weighted by molar-refractivity contribution is 1.37. The fourth-order valence-corrected chi connectivity index (χ4v) is 1.90. The van der Waals surface area contributed by atoms with Crippen molar-refractivity contribution in [3.8, 4) is 0 Å². The van der Waals surface area contributed by atoms with Gasteiger partial charge in [0, 0.05) is 17.1 Å². The van der Waals surface area contributed by atoms with E-state index in [9.17, 15) is 0 Å². The summed E-state index contributed by atoms with van der Waals surface area (Å²) in [6.45, 7) is 0. The maximum Gasteiger partial charge on any atom is 0.103 e. The minimum absolute atomic E-state index is 0.748. The van der Waals surface area contributed by atoms with Crippen molar-refractivity contribution in [3.05, 3.63) is 47.2 Å². The van der Waals surface area contributed by atoms with Crippen LogP contribution in [-0.2, 0) is 0 Å². The van der Waals surface area contributed by atoms with Gasteiger partial charge >= 0.3 is 0 Å². The van der Waals surface area contributed by atoms with Gasteiger partial charge in [0.25, 0.3) is 0 Å². The highest BCUT2D eigenvalue weighted by molar-refractivity contribution is 7.71. The number of H-pyrrole nitrogens is 1. The first kappa shape index (κ1) is 8.56. The van der Waals surface area contributed by atoms with Gasteiger partial charge in [-0.1, -0.05) is 18.3 Å². The molecular weight excluding hydrogens is 204 g/mol. The van der Waals surface area contributed by atoms with E-state index < -0.39 is 0 Å². The molecule has 3 aromatic rings. The smallest absolute Gasteiger partial charge is 0.103 e. The third-order valence-electron chi connectivity index (χ3n) is 2.45. The second kappa shape index (κ2) is 3.14. The van der Waals surface area contributed by atoms with Gasteiger partial charge in [0.05, 0.1) is 5.52 Å². The van der Waals surface area contributed by atoms with E-state index in [1.54, 1.807) is 6.20 Å². The molecule has 0 aliphatic heterocycles. The highest BCUT2D eigenvalue weighted by Gasteiger charge is 1.97. The Kier molecular flexibility index (Phi) is 1.79. The summed E-state index contributed by atoms with van der Waals surface area (Å²) >= 11 is 5.09.